The number of hydrazine groups is 1. The summed E-state index contributed by atoms with van der Waals surface area (Å²) >= 11 is 5.92. The molecular weight excluding hydrogens is 214 g/mol. The first-order valence-corrected chi connectivity index (χ1v) is 4.88. The highest BCUT2D eigenvalue weighted by molar-refractivity contribution is 6.31. The van der Waals surface area contributed by atoms with Crippen LogP contribution in [0.4, 0.5) is 10.5 Å². The maximum absolute atomic E-state index is 11.3. The normalized spacial score (nSPS) is 10.2. The second kappa shape index (κ2) is 5.00. The summed E-state index contributed by atoms with van der Waals surface area (Å²) in [5.41, 5.74) is 4.22. The van der Waals surface area contributed by atoms with Gasteiger partial charge in [-0.05, 0) is 24.6 Å². The molecule has 5 heteroatoms. The van der Waals surface area contributed by atoms with E-state index in [0.29, 0.717) is 10.7 Å². The summed E-state index contributed by atoms with van der Waals surface area (Å²) in [6.45, 7) is 1.91. The van der Waals surface area contributed by atoms with E-state index in [0.717, 1.165) is 5.56 Å². The van der Waals surface area contributed by atoms with Crippen molar-refractivity contribution in [3.8, 4) is 0 Å². The molecule has 0 saturated heterocycles. The van der Waals surface area contributed by atoms with Gasteiger partial charge in [0, 0.05) is 24.8 Å². The molecule has 0 radical (unpaired) electrons. The van der Waals surface area contributed by atoms with Gasteiger partial charge in [-0.25, -0.2) is 9.80 Å². The summed E-state index contributed by atoms with van der Waals surface area (Å²) in [4.78, 5) is 11.3. The predicted molar refractivity (Wildman–Crippen MR) is 62.0 cm³/mol. The van der Waals surface area contributed by atoms with Crippen LogP contribution in [-0.4, -0.2) is 25.1 Å². The van der Waals surface area contributed by atoms with Gasteiger partial charge in [0.25, 0.3) is 0 Å². The molecule has 1 aromatic carbocycles. The molecule has 0 bridgehead atoms. The third-order valence-electron chi connectivity index (χ3n) is 1.75. The largest absolute Gasteiger partial charge is 0.333 e. The molecule has 0 aliphatic carbocycles. The number of carbonyl (C=O) groups excluding carboxylic acids is 1. The summed E-state index contributed by atoms with van der Waals surface area (Å²) in [7, 11) is 3.48. The molecule has 2 amide bonds. The lowest BCUT2D eigenvalue weighted by atomic mass is 10.2. The van der Waals surface area contributed by atoms with Crippen molar-refractivity contribution in [3.05, 3.63) is 28.8 Å². The van der Waals surface area contributed by atoms with Crippen molar-refractivity contribution in [2.75, 3.05) is 19.4 Å². The second-order valence-corrected chi connectivity index (χ2v) is 3.83. The molecule has 1 aromatic rings. The van der Waals surface area contributed by atoms with Crippen LogP contribution < -0.4 is 10.7 Å². The number of nitrogens with one attached hydrogen (secondary N) is 2. The van der Waals surface area contributed by atoms with E-state index in [4.69, 9.17) is 11.6 Å². The molecule has 0 aliphatic rings. The van der Waals surface area contributed by atoms with E-state index in [1.165, 1.54) is 0 Å². The summed E-state index contributed by atoms with van der Waals surface area (Å²) in [5.74, 6) is 0. The third kappa shape index (κ3) is 3.77. The zero-order valence-corrected chi connectivity index (χ0v) is 9.72. The quantitative estimate of drug-likeness (QED) is 0.762. The van der Waals surface area contributed by atoms with Gasteiger partial charge in [-0.15, -0.1) is 0 Å². The van der Waals surface area contributed by atoms with Gasteiger partial charge in [0.2, 0.25) is 0 Å². The zero-order valence-electron chi connectivity index (χ0n) is 8.97. The molecule has 0 fully saturated rings. The van der Waals surface area contributed by atoms with Crippen LogP contribution in [0.5, 0.6) is 0 Å². The Labute approximate surface area is 94.2 Å². The Morgan fingerprint density at radius 1 is 1.40 bits per heavy atom. The standard InChI is InChI=1S/C10H14ClN3O/c1-7-4-5-8(6-9(7)11)12-10(15)13-14(2)3/h4-6H,1-3H3,(H2,12,13,15). The van der Waals surface area contributed by atoms with E-state index in [1.54, 1.807) is 31.2 Å². The van der Waals surface area contributed by atoms with Crippen LogP contribution in [-0.2, 0) is 0 Å². The number of anilines is 1. The van der Waals surface area contributed by atoms with E-state index in [2.05, 4.69) is 10.7 Å². The van der Waals surface area contributed by atoms with Crippen molar-refractivity contribution in [2.45, 2.75) is 6.92 Å². The van der Waals surface area contributed by atoms with Gasteiger partial charge in [0.05, 0.1) is 0 Å². The van der Waals surface area contributed by atoms with Gasteiger partial charge in [-0.2, -0.15) is 0 Å². The number of benzene rings is 1. The minimum Gasteiger partial charge on any atom is -0.307 e. The number of halogens is 1. The molecule has 0 saturated carbocycles. The van der Waals surface area contributed by atoms with Crippen molar-refractivity contribution in [1.82, 2.24) is 10.4 Å². The van der Waals surface area contributed by atoms with Crippen LogP contribution in [0.25, 0.3) is 0 Å². The summed E-state index contributed by atoms with van der Waals surface area (Å²) in [5, 5.41) is 4.86. The number of hydrogen-bond donors (Lipinski definition) is 2. The molecule has 0 atom stereocenters. The molecule has 4 nitrogen and oxygen atoms in total. The number of rotatable bonds is 2. The topological polar surface area (TPSA) is 44.4 Å². The molecule has 0 unspecified atom stereocenters. The molecule has 15 heavy (non-hydrogen) atoms. The SMILES string of the molecule is Cc1ccc(NC(=O)NN(C)C)cc1Cl. The number of nitrogens with zero attached hydrogens (tertiary/aromatic N) is 1. The summed E-state index contributed by atoms with van der Waals surface area (Å²) in [6, 6.07) is 5.08. The average Bonchev–Trinajstić information content (AvgIpc) is 2.10. The Balaban J connectivity index is 2.65. The first kappa shape index (κ1) is 11.8. The smallest absolute Gasteiger partial charge is 0.307 e. The Kier molecular flexibility index (Phi) is 3.94. The van der Waals surface area contributed by atoms with E-state index >= 15 is 0 Å². The number of urea groups is 1. The monoisotopic (exact) mass is 227 g/mol. The molecular formula is C10H14ClN3O. The number of carbonyl (C=O) groups is 1. The Hall–Kier alpha value is -1.26. The minimum absolute atomic E-state index is 0.292. The second-order valence-electron chi connectivity index (χ2n) is 3.42. The van der Waals surface area contributed by atoms with E-state index in [9.17, 15) is 4.79 Å². The van der Waals surface area contributed by atoms with Gasteiger partial charge in [0.1, 0.15) is 0 Å². The van der Waals surface area contributed by atoms with Crippen LogP contribution in [0, 0.1) is 6.92 Å². The highest BCUT2D eigenvalue weighted by atomic mass is 35.5. The lowest BCUT2D eigenvalue weighted by Crippen LogP contribution is -2.39. The maximum atomic E-state index is 11.3. The van der Waals surface area contributed by atoms with Crippen molar-refractivity contribution in [3.63, 3.8) is 0 Å². The Morgan fingerprint density at radius 3 is 2.60 bits per heavy atom. The van der Waals surface area contributed by atoms with E-state index < -0.39 is 0 Å². The van der Waals surface area contributed by atoms with Crippen LogP contribution >= 0.6 is 11.6 Å². The summed E-state index contributed by atoms with van der Waals surface area (Å²) < 4.78 is 0. The molecule has 0 heterocycles. The van der Waals surface area contributed by atoms with Gasteiger partial charge in [-0.1, -0.05) is 17.7 Å². The lowest BCUT2D eigenvalue weighted by molar-refractivity contribution is 0.224. The fourth-order valence-electron chi connectivity index (χ4n) is 1.03. The lowest BCUT2D eigenvalue weighted by Gasteiger charge is -2.13. The van der Waals surface area contributed by atoms with Crippen LogP contribution in [0.15, 0.2) is 18.2 Å². The molecule has 0 aromatic heterocycles. The van der Waals surface area contributed by atoms with Crippen LogP contribution in [0.3, 0.4) is 0 Å². The zero-order chi connectivity index (χ0) is 11.4. The molecule has 0 aliphatic heterocycles. The maximum Gasteiger partial charge on any atom is 0.333 e. The van der Waals surface area contributed by atoms with Crippen molar-refractivity contribution in [2.24, 2.45) is 0 Å². The van der Waals surface area contributed by atoms with Gasteiger partial charge >= 0.3 is 6.03 Å². The number of aryl methyl sites for hydroxylation is 1. The van der Waals surface area contributed by atoms with Crippen molar-refractivity contribution >= 4 is 23.3 Å². The highest BCUT2D eigenvalue weighted by Crippen LogP contribution is 2.19. The third-order valence-corrected chi connectivity index (χ3v) is 2.16. The molecule has 1 rings (SSSR count). The average molecular weight is 228 g/mol. The fraction of sp³-hybridized carbons (Fsp3) is 0.300. The van der Waals surface area contributed by atoms with Crippen LogP contribution in [0.2, 0.25) is 5.02 Å². The molecule has 2 N–H and O–H groups in total. The van der Waals surface area contributed by atoms with Gasteiger partial charge in [-0.3, -0.25) is 5.43 Å². The van der Waals surface area contributed by atoms with Crippen molar-refractivity contribution in [1.29, 1.82) is 0 Å². The highest BCUT2D eigenvalue weighted by Gasteiger charge is 2.03. The minimum atomic E-state index is -0.292. The fourth-order valence-corrected chi connectivity index (χ4v) is 1.21. The van der Waals surface area contributed by atoms with Crippen molar-refractivity contribution < 1.29 is 4.79 Å². The van der Waals surface area contributed by atoms with Gasteiger partial charge in [0.15, 0.2) is 0 Å². The predicted octanol–water partition coefficient (Wildman–Crippen LogP) is 2.25. The van der Waals surface area contributed by atoms with Gasteiger partial charge < -0.3 is 5.32 Å². The van der Waals surface area contributed by atoms with Crippen LogP contribution in [0.1, 0.15) is 5.56 Å². The molecule has 0 spiro atoms. The first-order valence-electron chi connectivity index (χ1n) is 4.50. The first-order chi connectivity index (χ1) is 6.99. The Bertz CT molecular complexity index is 366. The number of hydrogen-bond acceptors (Lipinski definition) is 2. The number of amides is 2. The Morgan fingerprint density at radius 2 is 2.07 bits per heavy atom. The molecule has 82 valence electrons. The summed E-state index contributed by atoms with van der Waals surface area (Å²) in [6.07, 6.45) is 0. The van der Waals surface area contributed by atoms with E-state index in [-0.39, 0.29) is 6.03 Å². The van der Waals surface area contributed by atoms with E-state index in [1.807, 2.05) is 13.0 Å².